The molecule has 0 amide bonds. The zero-order chi connectivity index (χ0) is 26.3. The molecule has 0 aromatic heterocycles. The van der Waals surface area contributed by atoms with Gasteiger partial charge in [0.15, 0.2) is 5.60 Å². The molecule has 1 unspecified atom stereocenters. The second-order valence-electron chi connectivity index (χ2n) is 13.2. The first-order chi connectivity index (χ1) is 18.2. The van der Waals surface area contributed by atoms with E-state index in [-0.39, 0.29) is 18.3 Å². The quantitative estimate of drug-likeness (QED) is 0.371. The van der Waals surface area contributed by atoms with Crippen molar-refractivity contribution in [2.75, 3.05) is 7.11 Å². The molecule has 2 saturated heterocycles. The first-order valence-electron chi connectivity index (χ1n) is 14.3. The summed E-state index contributed by atoms with van der Waals surface area (Å²) in [7, 11) is 1.39. The first-order valence-corrected chi connectivity index (χ1v) is 14.3. The van der Waals surface area contributed by atoms with E-state index in [2.05, 4.69) is 64.1 Å². The van der Waals surface area contributed by atoms with Crippen LogP contribution in [0.25, 0.3) is 0 Å². The van der Waals surface area contributed by atoms with Gasteiger partial charge in [-0.25, -0.2) is 4.89 Å². The summed E-state index contributed by atoms with van der Waals surface area (Å²) < 4.78 is 24.8. The van der Waals surface area contributed by atoms with Gasteiger partial charge in [0, 0.05) is 12.7 Å². The summed E-state index contributed by atoms with van der Waals surface area (Å²) >= 11 is 0. The van der Waals surface area contributed by atoms with Crippen LogP contribution in [0.15, 0.2) is 48.5 Å². The summed E-state index contributed by atoms with van der Waals surface area (Å²) in [5.41, 5.74) is 1.98. The van der Waals surface area contributed by atoms with Gasteiger partial charge in [0.05, 0.1) is 11.2 Å². The lowest BCUT2D eigenvalue weighted by molar-refractivity contribution is -0.645. The molecule has 2 heterocycles. The largest absolute Gasteiger partial charge is 0.494 e. The molecule has 1 spiro atoms. The third-order valence-electron chi connectivity index (χ3n) is 10.6. The fourth-order valence-electron chi connectivity index (χ4n) is 8.06. The number of rotatable bonds is 6. The molecule has 2 aromatic rings. The molecule has 6 nitrogen and oxygen atoms in total. The van der Waals surface area contributed by atoms with Crippen molar-refractivity contribution in [3.05, 3.63) is 59.7 Å². The van der Waals surface area contributed by atoms with Crippen molar-refractivity contribution >= 4 is 12.6 Å². The van der Waals surface area contributed by atoms with Crippen LogP contribution >= 0.6 is 0 Å². The highest BCUT2D eigenvalue weighted by molar-refractivity contribution is 6.62. The fraction of sp³-hybridized carbons (Fsp3) is 0.613. The Bertz CT molecular complexity index is 1160. The SMILES string of the molecule is COC1(c2cccc(OCc3ccc(B4OC(C)(C)C(C)(C)O4)cc3)c2)OOC12C1CC3CC(C1)CC2C3. The third kappa shape index (κ3) is 3.52. The van der Waals surface area contributed by atoms with E-state index in [0.717, 1.165) is 34.2 Å². The maximum absolute atomic E-state index is 6.25. The molecule has 0 N–H and O–H groups in total. The molecule has 202 valence electrons. The smallest absolute Gasteiger partial charge is 0.489 e. The minimum atomic E-state index is -0.876. The van der Waals surface area contributed by atoms with E-state index < -0.39 is 11.4 Å². The van der Waals surface area contributed by atoms with Crippen molar-refractivity contribution < 1.29 is 28.6 Å². The Kier molecular flexibility index (Phi) is 5.65. The molecule has 4 bridgehead atoms. The minimum absolute atomic E-state index is 0.353. The van der Waals surface area contributed by atoms with E-state index in [9.17, 15) is 0 Å². The van der Waals surface area contributed by atoms with Crippen molar-refractivity contribution in [2.45, 2.75) is 89.0 Å². The van der Waals surface area contributed by atoms with Crippen LogP contribution in [-0.4, -0.2) is 31.0 Å². The Morgan fingerprint density at radius 2 is 1.45 bits per heavy atom. The average molecular weight is 518 g/mol. The lowest BCUT2D eigenvalue weighted by atomic mass is 9.47. The van der Waals surface area contributed by atoms with Crippen molar-refractivity contribution in [1.29, 1.82) is 0 Å². The standard InChI is InChI=1S/C31H39BO6/c1-28(2)29(3,4)36-32(35-28)26-11-9-20(10-12-26)19-34-27-8-6-7-23(18-27)31(33-5)30(37-38-31)24-14-21-13-22(16-24)17-25(30)15-21/h6-12,18,21-22,24-25H,13-17,19H2,1-5H3. The molecular weight excluding hydrogens is 479 g/mol. The minimum Gasteiger partial charge on any atom is -0.489 e. The van der Waals surface area contributed by atoms with Gasteiger partial charge in [-0.3, -0.25) is 0 Å². The molecule has 6 fully saturated rings. The van der Waals surface area contributed by atoms with Crippen LogP contribution in [0.3, 0.4) is 0 Å². The predicted octanol–water partition coefficient (Wildman–Crippen LogP) is 5.52. The third-order valence-corrected chi connectivity index (χ3v) is 10.6. The van der Waals surface area contributed by atoms with Gasteiger partial charge in [-0.2, -0.15) is 4.89 Å². The van der Waals surface area contributed by atoms with E-state index in [1.807, 2.05) is 12.1 Å². The van der Waals surface area contributed by atoms with E-state index in [0.29, 0.717) is 18.4 Å². The van der Waals surface area contributed by atoms with Gasteiger partial charge >= 0.3 is 7.12 Å². The number of benzene rings is 2. The van der Waals surface area contributed by atoms with E-state index in [4.69, 9.17) is 28.6 Å². The summed E-state index contributed by atoms with van der Waals surface area (Å²) in [6.07, 6.45) is 6.28. The summed E-state index contributed by atoms with van der Waals surface area (Å²) in [5.74, 6) is 2.57. The molecule has 4 aliphatic carbocycles. The average Bonchev–Trinajstić information content (AvgIpc) is 3.09. The van der Waals surface area contributed by atoms with Crippen LogP contribution in [0.2, 0.25) is 0 Å². The van der Waals surface area contributed by atoms with Crippen molar-refractivity contribution in [3.63, 3.8) is 0 Å². The summed E-state index contributed by atoms with van der Waals surface area (Å²) in [6, 6.07) is 16.5. The summed E-state index contributed by atoms with van der Waals surface area (Å²) in [5, 5.41) is 0. The van der Waals surface area contributed by atoms with Crippen LogP contribution in [0.4, 0.5) is 0 Å². The Balaban J connectivity index is 1.06. The topological polar surface area (TPSA) is 55.4 Å². The predicted molar refractivity (Wildman–Crippen MR) is 144 cm³/mol. The van der Waals surface area contributed by atoms with Crippen molar-refractivity contribution in [2.24, 2.45) is 23.7 Å². The molecule has 2 aliphatic heterocycles. The van der Waals surface area contributed by atoms with Crippen LogP contribution in [-0.2, 0) is 36.2 Å². The molecule has 7 heteroatoms. The fourth-order valence-corrected chi connectivity index (χ4v) is 8.06. The zero-order valence-corrected chi connectivity index (χ0v) is 23.2. The molecule has 6 aliphatic rings. The van der Waals surface area contributed by atoms with E-state index in [1.54, 1.807) is 7.11 Å². The first kappa shape index (κ1) is 25.1. The van der Waals surface area contributed by atoms with Gasteiger partial charge in [0.2, 0.25) is 0 Å². The van der Waals surface area contributed by atoms with Gasteiger partial charge in [-0.05, 0) is 107 Å². The highest BCUT2D eigenvalue weighted by atomic mass is 17.3. The molecule has 0 radical (unpaired) electrons. The van der Waals surface area contributed by atoms with Crippen LogP contribution < -0.4 is 10.2 Å². The summed E-state index contributed by atoms with van der Waals surface area (Å²) in [6.45, 7) is 8.75. The number of methoxy groups -OCH3 is 1. The maximum Gasteiger partial charge on any atom is 0.494 e. The molecule has 2 aromatic carbocycles. The number of hydrogen-bond acceptors (Lipinski definition) is 6. The number of ether oxygens (including phenoxy) is 2. The Morgan fingerprint density at radius 3 is 2.00 bits per heavy atom. The Hall–Kier alpha value is -1.90. The van der Waals surface area contributed by atoms with E-state index >= 15 is 0 Å². The van der Waals surface area contributed by atoms with Gasteiger partial charge in [-0.1, -0.05) is 36.4 Å². The van der Waals surface area contributed by atoms with E-state index in [1.165, 1.54) is 32.1 Å². The molecular formula is C31H39BO6. The second kappa shape index (κ2) is 8.55. The Labute approximate surface area is 226 Å². The Morgan fingerprint density at radius 1 is 0.816 bits per heavy atom. The lowest BCUT2D eigenvalue weighted by Gasteiger charge is -2.68. The second-order valence-corrected chi connectivity index (χ2v) is 13.2. The summed E-state index contributed by atoms with van der Waals surface area (Å²) in [4.78, 5) is 12.1. The van der Waals surface area contributed by atoms with Crippen LogP contribution in [0.1, 0.15) is 70.9 Å². The van der Waals surface area contributed by atoms with Crippen molar-refractivity contribution in [1.82, 2.24) is 0 Å². The maximum atomic E-state index is 6.25. The lowest BCUT2D eigenvalue weighted by Crippen LogP contribution is -2.76. The van der Waals surface area contributed by atoms with Crippen LogP contribution in [0, 0.1) is 23.7 Å². The monoisotopic (exact) mass is 518 g/mol. The van der Waals surface area contributed by atoms with Gasteiger partial charge in [0.25, 0.3) is 5.79 Å². The van der Waals surface area contributed by atoms with Crippen LogP contribution in [0.5, 0.6) is 5.75 Å². The highest BCUT2D eigenvalue weighted by Crippen LogP contribution is 2.69. The highest BCUT2D eigenvalue weighted by Gasteiger charge is 2.76. The zero-order valence-electron chi connectivity index (χ0n) is 23.2. The molecule has 1 atom stereocenters. The molecule has 4 saturated carbocycles. The van der Waals surface area contributed by atoms with Gasteiger partial charge in [-0.15, -0.1) is 0 Å². The normalized spacial score (nSPS) is 38.0. The molecule has 8 rings (SSSR count). The van der Waals surface area contributed by atoms with Gasteiger partial charge < -0.3 is 18.8 Å². The number of hydrogen-bond donors (Lipinski definition) is 0. The van der Waals surface area contributed by atoms with Crippen molar-refractivity contribution in [3.8, 4) is 5.75 Å². The van der Waals surface area contributed by atoms with Gasteiger partial charge in [0.1, 0.15) is 12.4 Å². The molecule has 38 heavy (non-hydrogen) atoms.